The van der Waals surface area contributed by atoms with Gasteiger partial charge in [0.1, 0.15) is 31.9 Å². The SMILES string of the molecule is CC(C)[C@H](NC(=O)OCc1ccccc1)C(=O)OCC(OC(=O)[C@@H](NC(=O)OCc1ccccc1)C(C)C)(C(=O)O)C(C)(C)C. The summed E-state index contributed by atoms with van der Waals surface area (Å²) in [6, 6.07) is 15.4. The number of nitrogens with one attached hydrogen (secondary N) is 2. The minimum atomic E-state index is -2.36. The first-order valence-electron chi connectivity index (χ1n) is 14.6. The van der Waals surface area contributed by atoms with E-state index in [9.17, 15) is 29.1 Å². The van der Waals surface area contributed by atoms with E-state index in [1.807, 2.05) is 12.1 Å². The Hall–Kier alpha value is -4.61. The van der Waals surface area contributed by atoms with Gasteiger partial charge in [-0.15, -0.1) is 0 Å². The van der Waals surface area contributed by atoms with Crippen LogP contribution in [0.5, 0.6) is 0 Å². The van der Waals surface area contributed by atoms with Crippen LogP contribution in [0.4, 0.5) is 9.59 Å². The molecule has 1 unspecified atom stereocenters. The molecule has 0 spiro atoms. The van der Waals surface area contributed by atoms with Crippen LogP contribution in [0, 0.1) is 17.3 Å². The van der Waals surface area contributed by atoms with Crippen LogP contribution < -0.4 is 10.6 Å². The van der Waals surface area contributed by atoms with Crippen LogP contribution in [0.25, 0.3) is 0 Å². The molecular weight excluding hydrogens is 584 g/mol. The van der Waals surface area contributed by atoms with E-state index in [1.165, 1.54) is 20.8 Å². The molecule has 0 fully saturated rings. The van der Waals surface area contributed by atoms with Gasteiger partial charge in [-0.1, -0.05) is 109 Å². The fourth-order valence-corrected chi connectivity index (χ4v) is 4.10. The van der Waals surface area contributed by atoms with Crippen molar-refractivity contribution < 1.29 is 48.0 Å². The van der Waals surface area contributed by atoms with Crippen molar-refractivity contribution in [3.8, 4) is 0 Å². The quantitative estimate of drug-likeness (QED) is 0.195. The number of esters is 2. The maximum absolute atomic E-state index is 13.4. The molecule has 0 saturated heterocycles. The second-order valence-electron chi connectivity index (χ2n) is 12.3. The number of carboxylic acid groups (broad SMARTS) is 1. The number of carbonyl (C=O) groups is 5. The highest BCUT2D eigenvalue weighted by Gasteiger charge is 2.55. The predicted molar refractivity (Wildman–Crippen MR) is 164 cm³/mol. The number of hydrogen-bond donors (Lipinski definition) is 3. The number of hydrogen-bond acceptors (Lipinski definition) is 9. The highest BCUT2D eigenvalue weighted by molar-refractivity contribution is 5.88. The molecule has 0 aromatic heterocycles. The minimum absolute atomic E-state index is 0.0283. The molecule has 0 bridgehead atoms. The van der Waals surface area contributed by atoms with Gasteiger partial charge in [-0.3, -0.25) is 0 Å². The molecule has 246 valence electrons. The van der Waals surface area contributed by atoms with E-state index in [0.29, 0.717) is 0 Å². The first kappa shape index (κ1) is 36.6. The predicted octanol–water partition coefficient (Wildman–Crippen LogP) is 4.84. The Morgan fingerprint density at radius 1 is 0.667 bits per heavy atom. The summed E-state index contributed by atoms with van der Waals surface area (Å²) in [5.41, 5.74) is -2.18. The number of benzene rings is 2. The van der Waals surface area contributed by atoms with E-state index in [0.717, 1.165) is 11.1 Å². The summed E-state index contributed by atoms with van der Waals surface area (Å²) in [6.45, 7) is 10.2. The molecular formula is C33H44N2O10. The Kier molecular flexibility index (Phi) is 13.4. The first-order valence-corrected chi connectivity index (χ1v) is 14.6. The van der Waals surface area contributed by atoms with Crippen molar-refractivity contribution in [2.75, 3.05) is 6.61 Å². The Morgan fingerprint density at radius 3 is 1.42 bits per heavy atom. The van der Waals surface area contributed by atoms with Crippen LogP contribution in [0.15, 0.2) is 60.7 Å². The molecule has 2 aromatic rings. The first-order chi connectivity index (χ1) is 21.1. The highest BCUT2D eigenvalue weighted by atomic mass is 16.6. The van der Waals surface area contributed by atoms with Gasteiger partial charge < -0.3 is 34.7 Å². The van der Waals surface area contributed by atoms with Gasteiger partial charge in [0.25, 0.3) is 0 Å². The van der Waals surface area contributed by atoms with Gasteiger partial charge in [0.2, 0.25) is 5.60 Å². The molecule has 45 heavy (non-hydrogen) atoms. The van der Waals surface area contributed by atoms with E-state index in [-0.39, 0.29) is 13.2 Å². The molecule has 2 aromatic carbocycles. The van der Waals surface area contributed by atoms with Crippen molar-refractivity contribution in [2.24, 2.45) is 17.3 Å². The molecule has 0 radical (unpaired) electrons. The van der Waals surface area contributed by atoms with Crippen LogP contribution in [-0.4, -0.2) is 59.5 Å². The third-order valence-corrected chi connectivity index (χ3v) is 7.06. The van der Waals surface area contributed by atoms with Crippen molar-refractivity contribution in [3.05, 3.63) is 71.8 Å². The molecule has 2 amide bonds. The molecule has 12 heteroatoms. The summed E-state index contributed by atoms with van der Waals surface area (Å²) in [4.78, 5) is 64.3. The van der Waals surface area contributed by atoms with Crippen LogP contribution in [0.3, 0.4) is 0 Å². The maximum atomic E-state index is 13.4. The number of ether oxygens (including phenoxy) is 4. The summed E-state index contributed by atoms with van der Waals surface area (Å²) >= 11 is 0. The molecule has 12 nitrogen and oxygen atoms in total. The van der Waals surface area contributed by atoms with Crippen molar-refractivity contribution in [1.29, 1.82) is 0 Å². The van der Waals surface area contributed by atoms with E-state index in [2.05, 4.69) is 10.6 Å². The number of carboxylic acids is 1. The smallest absolute Gasteiger partial charge is 0.408 e. The van der Waals surface area contributed by atoms with Crippen molar-refractivity contribution in [3.63, 3.8) is 0 Å². The maximum Gasteiger partial charge on any atom is 0.408 e. The Balaban J connectivity index is 2.15. The monoisotopic (exact) mass is 628 g/mol. The van der Waals surface area contributed by atoms with E-state index >= 15 is 0 Å². The lowest BCUT2D eigenvalue weighted by Gasteiger charge is -2.40. The molecule has 3 N–H and O–H groups in total. The van der Waals surface area contributed by atoms with E-state index < -0.39 is 71.6 Å². The number of aliphatic carboxylic acids is 1. The summed E-state index contributed by atoms with van der Waals surface area (Å²) < 4.78 is 21.4. The van der Waals surface area contributed by atoms with Gasteiger partial charge in [0.05, 0.1) is 0 Å². The molecule has 2 rings (SSSR count). The Morgan fingerprint density at radius 2 is 1.07 bits per heavy atom. The van der Waals surface area contributed by atoms with Gasteiger partial charge >= 0.3 is 30.1 Å². The average Bonchev–Trinajstić information content (AvgIpc) is 2.98. The number of carbonyl (C=O) groups excluding carboxylic acids is 4. The second-order valence-corrected chi connectivity index (χ2v) is 12.3. The normalized spacial score (nSPS) is 14.0. The van der Waals surface area contributed by atoms with Gasteiger partial charge in [0.15, 0.2) is 0 Å². The highest BCUT2D eigenvalue weighted by Crippen LogP contribution is 2.36. The molecule has 0 aliphatic rings. The van der Waals surface area contributed by atoms with Gasteiger partial charge in [-0.2, -0.15) is 0 Å². The van der Waals surface area contributed by atoms with Crippen LogP contribution in [0.1, 0.15) is 59.6 Å². The zero-order chi connectivity index (χ0) is 33.8. The second kappa shape index (κ2) is 16.5. The Labute approximate surface area is 263 Å². The van der Waals surface area contributed by atoms with Gasteiger partial charge in [-0.05, 0) is 23.0 Å². The lowest BCUT2D eigenvalue weighted by molar-refractivity contribution is -0.206. The standard InChI is InChI=1S/C33H44N2O10/c1-21(2)25(34-30(40)42-18-23-14-10-8-11-15-23)27(36)44-20-33(29(38)39,32(5,6)7)45-28(37)26(22(3)4)35-31(41)43-19-24-16-12-9-13-17-24/h8-17,21-22,25-26H,18-20H2,1-7H3,(H,34,40)(H,35,41)(H,38,39)/t25-,26-,33?/m0/s1. The van der Waals surface area contributed by atoms with Crippen LogP contribution in [-0.2, 0) is 46.5 Å². The van der Waals surface area contributed by atoms with Crippen molar-refractivity contribution >= 4 is 30.1 Å². The summed E-state index contributed by atoms with van der Waals surface area (Å²) in [5, 5.41) is 15.2. The molecule has 0 aliphatic heterocycles. The molecule has 0 saturated carbocycles. The third-order valence-electron chi connectivity index (χ3n) is 7.06. The Bertz CT molecular complexity index is 1290. The zero-order valence-corrected chi connectivity index (χ0v) is 26.8. The fraction of sp³-hybridized carbons (Fsp3) is 0.485. The third kappa shape index (κ3) is 10.8. The largest absolute Gasteiger partial charge is 0.478 e. The number of amides is 2. The van der Waals surface area contributed by atoms with Gasteiger partial charge in [-0.25, -0.2) is 24.0 Å². The van der Waals surface area contributed by atoms with Crippen molar-refractivity contribution in [1.82, 2.24) is 10.6 Å². The summed E-state index contributed by atoms with van der Waals surface area (Å²) in [6.07, 6.45) is -1.77. The lowest BCUT2D eigenvalue weighted by Crippen LogP contribution is -2.60. The number of alkyl carbamates (subject to hydrolysis) is 2. The van der Waals surface area contributed by atoms with E-state index in [4.69, 9.17) is 18.9 Å². The topological polar surface area (TPSA) is 167 Å². The number of rotatable bonds is 14. The summed E-state index contributed by atoms with van der Waals surface area (Å²) in [5.74, 6) is -4.56. The summed E-state index contributed by atoms with van der Waals surface area (Å²) in [7, 11) is 0. The van der Waals surface area contributed by atoms with E-state index in [1.54, 1.807) is 76.2 Å². The molecule has 3 atom stereocenters. The van der Waals surface area contributed by atoms with Gasteiger partial charge in [0, 0.05) is 5.41 Å². The average molecular weight is 629 g/mol. The van der Waals surface area contributed by atoms with Crippen LogP contribution in [0.2, 0.25) is 0 Å². The zero-order valence-electron chi connectivity index (χ0n) is 26.8. The van der Waals surface area contributed by atoms with Crippen LogP contribution >= 0.6 is 0 Å². The van der Waals surface area contributed by atoms with Crippen molar-refractivity contribution in [2.45, 2.75) is 79.4 Å². The molecule has 0 aliphatic carbocycles. The fourth-order valence-electron chi connectivity index (χ4n) is 4.10. The molecule has 0 heterocycles. The minimum Gasteiger partial charge on any atom is -0.478 e. The lowest BCUT2D eigenvalue weighted by atomic mass is 9.76.